The van der Waals surface area contributed by atoms with Crippen LogP contribution in [0.25, 0.3) is 21.9 Å². The molecule has 348 valence electrons. The third kappa shape index (κ3) is 6.27. The van der Waals surface area contributed by atoms with Crippen molar-refractivity contribution in [3.63, 3.8) is 0 Å². The van der Waals surface area contributed by atoms with Crippen molar-refractivity contribution in [3.8, 4) is 0 Å². The average molecular weight is 910 g/mol. The van der Waals surface area contributed by atoms with Crippen LogP contribution in [-0.2, 0) is 21.7 Å². The molecular weight excluding hydrogens is 840 g/mol. The second-order valence-electron chi connectivity index (χ2n) is 24.3. The molecule has 0 atom stereocenters. The van der Waals surface area contributed by atoms with Crippen LogP contribution in [0.2, 0.25) is 0 Å². The number of hydrogen-bond acceptors (Lipinski definition) is 3. The highest BCUT2D eigenvalue weighted by Gasteiger charge is 2.57. The summed E-state index contributed by atoms with van der Waals surface area (Å²) in [5.74, 6) is 1.47. The molecule has 0 N–H and O–H groups in total. The van der Waals surface area contributed by atoms with Crippen molar-refractivity contribution in [2.45, 2.75) is 132 Å². The Labute approximate surface area is 414 Å². The SMILES string of the molecule is [2H]C1=C2N(c3ccc4c(c3)C(C)(C)C(C)(C)C4(C)C)C(=O)N(c3cccc4c3oc3ccccc34)C3=C([2H])B(c4c(C)cc(C(C)(C)C)cc4C)c4cccc(c4N23)B1c1c(C)cc(C(C)(C)C)cc1C. The number of furan rings is 1. The number of benzene rings is 6. The minimum Gasteiger partial charge on any atom is -0.454 e. The lowest BCUT2D eigenvalue weighted by molar-refractivity contribution is 0.125. The van der Waals surface area contributed by atoms with E-state index in [0.29, 0.717) is 34.6 Å². The van der Waals surface area contributed by atoms with Crippen molar-refractivity contribution >= 4 is 80.3 Å². The van der Waals surface area contributed by atoms with Gasteiger partial charge in [-0.05, 0) is 112 Å². The summed E-state index contributed by atoms with van der Waals surface area (Å²) >= 11 is 0. The highest BCUT2D eigenvalue weighted by atomic mass is 16.3. The Kier molecular flexibility index (Phi) is 9.11. The number of carbonyl (C=O) groups excluding carboxylic acids is 1. The van der Waals surface area contributed by atoms with E-state index in [0.717, 1.165) is 66.1 Å². The molecule has 7 aromatic rings. The summed E-state index contributed by atoms with van der Waals surface area (Å²) in [4.78, 5) is 22.4. The third-order valence-electron chi connectivity index (χ3n) is 17.6. The largest absolute Gasteiger partial charge is 0.454 e. The van der Waals surface area contributed by atoms with Gasteiger partial charge in [0.05, 0.1) is 14.1 Å². The van der Waals surface area contributed by atoms with Gasteiger partial charge in [-0.25, -0.2) is 14.6 Å². The molecule has 3 aliphatic heterocycles. The van der Waals surface area contributed by atoms with E-state index in [-0.39, 0.29) is 39.1 Å². The second kappa shape index (κ2) is 14.7. The number of amides is 2. The molecule has 2 amide bonds. The van der Waals surface area contributed by atoms with Gasteiger partial charge in [0.1, 0.15) is 17.2 Å². The number of rotatable bonds is 4. The number of urea groups is 1. The molecule has 5 nitrogen and oxygen atoms in total. The fraction of sp³-hybridized carbons (Fsp3) is 0.339. The van der Waals surface area contributed by atoms with E-state index in [1.54, 1.807) is 9.80 Å². The first-order valence-electron chi connectivity index (χ1n) is 26.0. The van der Waals surface area contributed by atoms with E-state index in [4.69, 9.17) is 4.42 Å². The zero-order valence-corrected chi connectivity index (χ0v) is 43.6. The number of aryl methyl sites for hydroxylation is 4. The Morgan fingerprint density at radius 3 is 1.59 bits per heavy atom. The van der Waals surface area contributed by atoms with Crippen LogP contribution in [-0.4, -0.2) is 19.5 Å². The molecular formula is C62H67B2N3O2. The normalized spacial score (nSPS) is 18.7. The molecule has 11 rings (SSSR count). The Morgan fingerprint density at radius 2 is 1.04 bits per heavy atom. The number of nitrogens with zero attached hydrogens (tertiary/aromatic N) is 3. The van der Waals surface area contributed by atoms with Gasteiger partial charge < -0.3 is 4.42 Å². The van der Waals surface area contributed by atoms with Crippen molar-refractivity contribution in [3.05, 3.63) is 171 Å². The fourth-order valence-corrected chi connectivity index (χ4v) is 12.5. The standard InChI is InChI=1S/C62H67B2N3O2/c1-36-29-40(58(5,6)7)30-37(2)53(36)63-34-51-65(42-27-28-45-46(33-42)61(13,14)62(15,16)60(45,11)12)57(68)66(49-25-19-22-44-43-21-17-18-26-50(43)69-56(44)49)52-35-64(48-24-20-23-47(63)55(48)67(51)52)54-38(3)31-41(32-39(54)4)59(8,9)10/h17-35H,1-16H3/i34D,35D. The van der Waals surface area contributed by atoms with Gasteiger partial charge in [0.2, 0.25) is 13.4 Å². The van der Waals surface area contributed by atoms with E-state index < -0.39 is 13.4 Å². The number of fused-ring (bicyclic) bond motifs is 4. The first-order chi connectivity index (χ1) is 33.2. The van der Waals surface area contributed by atoms with Gasteiger partial charge in [-0.1, -0.05) is 207 Å². The summed E-state index contributed by atoms with van der Waals surface area (Å²) < 4.78 is 28.4. The van der Waals surface area contributed by atoms with Crippen molar-refractivity contribution in [2.75, 3.05) is 14.7 Å². The quantitative estimate of drug-likeness (QED) is 0.165. The second-order valence-corrected chi connectivity index (χ2v) is 24.3. The molecule has 0 saturated carbocycles. The number of carbonyl (C=O) groups is 1. The molecule has 4 heterocycles. The molecule has 1 saturated heterocycles. The lowest BCUT2D eigenvalue weighted by atomic mass is 9.33. The van der Waals surface area contributed by atoms with Crippen LogP contribution in [0.3, 0.4) is 0 Å². The minimum atomic E-state index is -0.535. The molecule has 6 aromatic carbocycles. The lowest BCUT2D eigenvalue weighted by Gasteiger charge is -2.51. The Hall–Kier alpha value is -6.20. The molecule has 0 unspecified atom stereocenters. The minimum absolute atomic E-state index is 0.0789. The van der Waals surface area contributed by atoms with Crippen molar-refractivity contribution in [1.82, 2.24) is 0 Å². The molecule has 4 aliphatic rings. The molecule has 0 radical (unpaired) electrons. The van der Waals surface area contributed by atoms with Crippen LogP contribution < -0.4 is 36.6 Å². The Balaban J connectivity index is 1.28. The van der Waals surface area contributed by atoms with Crippen molar-refractivity contribution in [2.24, 2.45) is 5.41 Å². The van der Waals surface area contributed by atoms with Crippen molar-refractivity contribution in [1.29, 1.82) is 0 Å². The van der Waals surface area contributed by atoms with Crippen LogP contribution in [0.4, 0.5) is 21.9 Å². The number of hydrogen-bond donors (Lipinski definition) is 0. The van der Waals surface area contributed by atoms with E-state index in [1.807, 2.05) is 36.4 Å². The van der Waals surface area contributed by atoms with Crippen LogP contribution >= 0.6 is 0 Å². The highest BCUT2D eigenvalue weighted by molar-refractivity contribution is 6.95. The molecule has 0 bridgehead atoms. The maximum atomic E-state index is 16.8. The van der Waals surface area contributed by atoms with E-state index >= 15 is 4.79 Å². The molecule has 0 spiro atoms. The number of para-hydroxylation sites is 3. The van der Waals surface area contributed by atoms with Crippen molar-refractivity contribution < 1.29 is 12.0 Å². The van der Waals surface area contributed by atoms with Crippen LogP contribution in [0.5, 0.6) is 0 Å². The molecule has 7 heteroatoms. The summed E-state index contributed by atoms with van der Waals surface area (Å²) in [6, 6.07) is 35.8. The van der Waals surface area contributed by atoms with Crippen LogP contribution in [0, 0.1) is 33.1 Å². The maximum Gasteiger partial charge on any atom is 0.340 e. The number of anilines is 3. The highest BCUT2D eigenvalue weighted by Crippen LogP contribution is 2.62. The summed E-state index contributed by atoms with van der Waals surface area (Å²) in [6.07, 6.45) is 0. The van der Waals surface area contributed by atoms with Gasteiger partial charge >= 0.3 is 6.03 Å². The molecule has 1 aromatic heterocycles. The fourth-order valence-electron chi connectivity index (χ4n) is 12.5. The van der Waals surface area contributed by atoms with Crippen LogP contribution in [0.1, 0.15) is 130 Å². The maximum absolute atomic E-state index is 16.8. The third-order valence-corrected chi connectivity index (χ3v) is 17.6. The van der Waals surface area contributed by atoms with Gasteiger partial charge in [0.15, 0.2) is 5.58 Å². The first-order valence-corrected chi connectivity index (χ1v) is 25.0. The van der Waals surface area contributed by atoms with Gasteiger partial charge in [-0.3, -0.25) is 4.90 Å². The van der Waals surface area contributed by atoms with Gasteiger partial charge in [-0.15, -0.1) is 0 Å². The van der Waals surface area contributed by atoms with Gasteiger partial charge in [0, 0.05) is 16.5 Å². The lowest BCUT2D eigenvalue weighted by Crippen LogP contribution is -2.65. The van der Waals surface area contributed by atoms with Gasteiger partial charge in [-0.2, -0.15) is 0 Å². The average Bonchev–Trinajstić information content (AvgIpc) is 3.72. The van der Waals surface area contributed by atoms with Crippen LogP contribution in [0.15, 0.2) is 131 Å². The summed E-state index contributed by atoms with van der Waals surface area (Å²) in [5, 5.41) is 1.84. The van der Waals surface area contributed by atoms with E-state index in [1.165, 1.54) is 22.3 Å². The zero-order valence-electron chi connectivity index (χ0n) is 45.6. The molecule has 69 heavy (non-hydrogen) atoms. The smallest absolute Gasteiger partial charge is 0.340 e. The summed E-state index contributed by atoms with van der Waals surface area (Å²) in [7, 11) is 0. The monoisotopic (exact) mass is 910 g/mol. The topological polar surface area (TPSA) is 39.9 Å². The first kappa shape index (κ1) is 42.9. The summed E-state index contributed by atoms with van der Waals surface area (Å²) in [5.41, 5.74) is 16.2. The van der Waals surface area contributed by atoms with E-state index in [9.17, 15) is 2.74 Å². The molecule has 1 aliphatic carbocycles. The zero-order chi connectivity index (χ0) is 51.0. The Morgan fingerprint density at radius 1 is 0.551 bits per heavy atom. The Bertz CT molecular complexity index is 3520. The summed E-state index contributed by atoms with van der Waals surface area (Å²) in [6.45, 7) is 35.2. The predicted molar refractivity (Wildman–Crippen MR) is 295 cm³/mol. The van der Waals surface area contributed by atoms with Gasteiger partial charge in [0.25, 0.3) is 0 Å². The molecule has 1 fully saturated rings. The van der Waals surface area contributed by atoms with E-state index in [2.05, 4.69) is 182 Å². The predicted octanol–water partition coefficient (Wildman–Crippen LogP) is 13.0.